The average Bonchev–Trinajstić information content (AvgIpc) is 2.53. The number of carbonyl (C=O) groups excluding carboxylic acids is 1. The highest BCUT2D eigenvalue weighted by Gasteiger charge is 2.48. The smallest absolute Gasteiger partial charge is 0.140 e. The van der Waals surface area contributed by atoms with Gasteiger partial charge in [0.05, 0.1) is 0 Å². The Balaban J connectivity index is 2.15. The Hall–Kier alpha value is -0.590. The number of rotatable bonds is 0. The van der Waals surface area contributed by atoms with Crippen molar-refractivity contribution in [2.75, 3.05) is 0 Å². The van der Waals surface area contributed by atoms with Gasteiger partial charge >= 0.3 is 0 Å². The molecule has 0 radical (unpaired) electrons. The Morgan fingerprint density at radius 2 is 2.23 bits per heavy atom. The molecule has 0 aliphatic heterocycles. The number of allylic oxidation sites excluding steroid dienone is 2. The lowest BCUT2D eigenvalue weighted by atomic mass is 9.59. The van der Waals surface area contributed by atoms with Gasteiger partial charge in [-0.25, -0.2) is 0 Å². The molecule has 0 N–H and O–H groups in total. The van der Waals surface area contributed by atoms with Crippen LogP contribution in [0.25, 0.3) is 0 Å². The molecule has 0 spiro atoms. The summed E-state index contributed by atoms with van der Waals surface area (Å²) in [6.45, 7) is 2.31. The molecule has 2 bridgehead atoms. The molecule has 1 saturated carbocycles. The van der Waals surface area contributed by atoms with E-state index >= 15 is 0 Å². The van der Waals surface area contributed by atoms with Crippen molar-refractivity contribution in [3.05, 3.63) is 11.1 Å². The van der Waals surface area contributed by atoms with Gasteiger partial charge in [-0.1, -0.05) is 18.1 Å². The Labute approximate surface area is 79.2 Å². The number of hydrogen-bond donors (Lipinski definition) is 0. The second kappa shape index (κ2) is 2.26. The summed E-state index contributed by atoms with van der Waals surface area (Å²) in [5, 5.41) is 0. The van der Waals surface area contributed by atoms with Crippen LogP contribution in [0.2, 0.25) is 0 Å². The van der Waals surface area contributed by atoms with Crippen molar-refractivity contribution in [3.63, 3.8) is 0 Å². The topological polar surface area (TPSA) is 17.1 Å². The molecule has 1 fully saturated rings. The minimum atomic E-state index is 0.289. The maximum Gasteiger partial charge on any atom is 0.140 e. The van der Waals surface area contributed by atoms with Gasteiger partial charge in [-0.3, -0.25) is 4.79 Å². The maximum atomic E-state index is 11.8. The molecular weight excluding hydrogens is 160 g/mol. The molecule has 13 heavy (non-hydrogen) atoms. The largest absolute Gasteiger partial charge is 0.299 e. The van der Waals surface area contributed by atoms with E-state index < -0.39 is 0 Å². The van der Waals surface area contributed by atoms with Crippen LogP contribution in [0.3, 0.4) is 0 Å². The third-order valence-corrected chi connectivity index (χ3v) is 4.35. The van der Waals surface area contributed by atoms with Crippen LogP contribution in [0, 0.1) is 11.3 Å². The van der Waals surface area contributed by atoms with Crippen LogP contribution >= 0.6 is 0 Å². The maximum absolute atomic E-state index is 11.8. The van der Waals surface area contributed by atoms with Gasteiger partial charge in [0.25, 0.3) is 0 Å². The summed E-state index contributed by atoms with van der Waals surface area (Å²) in [4.78, 5) is 11.8. The standard InChI is InChI=1S/C12H16O/c1-12-6-5-9(11(13)7-12)8-3-2-4-10(8)12/h9H,2-7H2,1H3. The Kier molecular flexibility index (Phi) is 1.35. The van der Waals surface area contributed by atoms with Crippen molar-refractivity contribution in [1.82, 2.24) is 0 Å². The molecule has 0 aromatic heterocycles. The fourth-order valence-electron chi connectivity index (χ4n) is 3.69. The summed E-state index contributed by atoms with van der Waals surface area (Å²) in [6, 6.07) is 0. The predicted octanol–water partition coefficient (Wildman–Crippen LogP) is 2.86. The van der Waals surface area contributed by atoms with Crippen molar-refractivity contribution in [2.45, 2.75) is 45.4 Å². The first-order valence-corrected chi connectivity index (χ1v) is 5.46. The summed E-state index contributed by atoms with van der Waals surface area (Å²) in [5.41, 5.74) is 3.53. The lowest BCUT2D eigenvalue weighted by molar-refractivity contribution is -0.127. The fraction of sp³-hybridized carbons (Fsp3) is 0.750. The van der Waals surface area contributed by atoms with Crippen molar-refractivity contribution < 1.29 is 4.79 Å². The van der Waals surface area contributed by atoms with Gasteiger partial charge in [-0.15, -0.1) is 0 Å². The molecule has 70 valence electrons. The van der Waals surface area contributed by atoms with E-state index in [9.17, 15) is 4.79 Å². The van der Waals surface area contributed by atoms with E-state index in [4.69, 9.17) is 0 Å². The molecule has 0 aromatic carbocycles. The quantitative estimate of drug-likeness (QED) is 0.519. The molecule has 0 aromatic rings. The lowest BCUT2D eigenvalue weighted by Gasteiger charge is -2.44. The summed E-state index contributed by atoms with van der Waals surface area (Å²) < 4.78 is 0. The number of ketones is 1. The van der Waals surface area contributed by atoms with Gasteiger partial charge in [0, 0.05) is 12.3 Å². The number of Topliss-reactive ketones (excluding diaryl/α,β-unsaturated/α-hetero) is 1. The predicted molar refractivity (Wildman–Crippen MR) is 51.3 cm³/mol. The lowest BCUT2D eigenvalue weighted by Crippen LogP contribution is -2.39. The van der Waals surface area contributed by atoms with Gasteiger partial charge in [0.15, 0.2) is 0 Å². The molecular formula is C12H16O. The summed E-state index contributed by atoms with van der Waals surface area (Å²) >= 11 is 0. The van der Waals surface area contributed by atoms with Gasteiger partial charge < -0.3 is 0 Å². The van der Waals surface area contributed by atoms with Gasteiger partial charge in [0.2, 0.25) is 0 Å². The van der Waals surface area contributed by atoms with E-state index in [0.29, 0.717) is 11.7 Å². The van der Waals surface area contributed by atoms with E-state index in [1.54, 1.807) is 11.1 Å². The van der Waals surface area contributed by atoms with E-state index in [-0.39, 0.29) is 5.41 Å². The highest BCUT2D eigenvalue weighted by atomic mass is 16.1. The summed E-state index contributed by atoms with van der Waals surface area (Å²) in [5.74, 6) is 0.897. The second-order valence-electron chi connectivity index (χ2n) is 5.15. The first-order chi connectivity index (χ1) is 6.21. The monoisotopic (exact) mass is 176 g/mol. The molecule has 0 amide bonds. The molecule has 4 aliphatic carbocycles. The zero-order valence-corrected chi connectivity index (χ0v) is 8.23. The second-order valence-corrected chi connectivity index (χ2v) is 5.15. The Morgan fingerprint density at radius 1 is 1.38 bits per heavy atom. The summed E-state index contributed by atoms with van der Waals surface area (Å²) in [7, 11) is 0. The third kappa shape index (κ3) is 0.853. The first-order valence-electron chi connectivity index (χ1n) is 5.46. The van der Waals surface area contributed by atoms with Gasteiger partial charge in [-0.2, -0.15) is 0 Å². The van der Waals surface area contributed by atoms with E-state index in [0.717, 1.165) is 12.8 Å². The van der Waals surface area contributed by atoms with Gasteiger partial charge in [-0.05, 0) is 37.5 Å². The zero-order valence-electron chi connectivity index (χ0n) is 8.23. The summed E-state index contributed by atoms with van der Waals surface area (Å²) in [6.07, 6.45) is 7.08. The van der Waals surface area contributed by atoms with Crippen molar-refractivity contribution in [1.29, 1.82) is 0 Å². The first kappa shape index (κ1) is 7.78. The molecule has 2 atom stereocenters. The Bertz CT molecular complexity index is 313. The van der Waals surface area contributed by atoms with Gasteiger partial charge in [0.1, 0.15) is 5.78 Å². The number of carbonyl (C=O) groups is 1. The average molecular weight is 176 g/mol. The molecule has 0 heterocycles. The van der Waals surface area contributed by atoms with E-state index in [2.05, 4.69) is 6.92 Å². The van der Waals surface area contributed by atoms with Crippen LogP contribution in [0.1, 0.15) is 45.4 Å². The Morgan fingerprint density at radius 3 is 3.00 bits per heavy atom. The van der Waals surface area contributed by atoms with Crippen LogP contribution in [0.5, 0.6) is 0 Å². The van der Waals surface area contributed by atoms with Crippen molar-refractivity contribution in [2.24, 2.45) is 11.3 Å². The van der Waals surface area contributed by atoms with Crippen LogP contribution in [0.4, 0.5) is 0 Å². The van der Waals surface area contributed by atoms with Crippen molar-refractivity contribution >= 4 is 5.78 Å². The van der Waals surface area contributed by atoms with E-state index in [1.165, 1.54) is 25.7 Å². The third-order valence-electron chi connectivity index (χ3n) is 4.35. The molecule has 0 saturated heterocycles. The molecule has 4 aliphatic rings. The molecule has 4 rings (SSSR count). The normalized spacial score (nSPS) is 42.8. The molecule has 1 heteroatoms. The van der Waals surface area contributed by atoms with Crippen LogP contribution in [0.15, 0.2) is 11.1 Å². The molecule has 2 unspecified atom stereocenters. The molecule has 1 nitrogen and oxygen atoms in total. The van der Waals surface area contributed by atoms with E-state index in [1.807, 2.05) is 0 Å². The van der Waals surface area contributed by atoms with Crippen LogP contribution in [-0.2, 0) is 4.79 Å². The fourth-order valence-corrected chi connectivity index (χ4v) is 3.69. The minimum Gasteiger partial charge on any atom is -0.299 e. The minimum absolute atomic E-state index is 0.289. The SMILES string of the molecule is CC12CCC(C(=O)C1)C1=C2CCC1. The van der Waals surface area contributed by atoms with Crippen molar-refractivity contribution in [3.8, 4) is 0 Å². The highest BCUT2D eigenvalue weighted by molar-refractivity contribution is 5.88. The van der Waals surface area contributed by atoms with Crippen LogP contribution < -0.4 is 0 Å². The zero-order chi connectivity index (χ0) is 9.05. The number of hydrogen-bond acceptors (Lipinski definition) is 1. The van der Waals surface area contributed by atoms with Crippen LogP contribution in [-0.4, -0.2) is 5.78 Å². The highest BCUT2D eigenvalue weighted by Crippen LogP contribution is 2.56. The number of fused-ring (bicyclic) bond motifs is 2.